The molecule has 1 N–H and O–H groups in total. The number of hydrogen-bond acceptors (Lipinski definition) is 4. The summed E-state index contributed by atoms with van der Waals surface area (Å²) in [6, 6.07) is 16.5. The summed E-state index contributed by atoms with van der Waals surface area (Å²) < 4.78 is 0. The lowest BCUT2D eigenvalue weighted by Crippen LogP contribution is -2.43. The third-order valence-electron chi connectivity index (χ3n) is 4.20. The molecule has 4 rings (SSSR count). The van der Waals surface area contributed by atoms with Crippen molar-refractivity contribution >= 4 is 40.6 Å². The first kappa shape index (κ1) is 17.0. The summed E-state index contributed by atoms with van der Waals surface area (Å²) in [4.78, 5) is 11.1. The summed E-state index contributed by atoms with van der Waals surface area (Å²) >= 11 is 6.09. The molecule has 1 fully saturated rings. The van der Waals surface area contributed by atoms with E-state index in [1.165, 1.54) is 5.69 Å². The number of benzene rings is 2. The Labute approximate surface area is 152 Å². The van der Waals surface area contributed by atoms with Gasteiger partial charge in [-0.25, -0.2) is 9.97 Å². The Hall–Kier alpha value is -1.88. The van der Waals surface area contributed by atoms with Gasteiger partial charge in [0.2, 0.25) is 5.28 Å². The summed E-state index contributed by atoms with van der Waals surface area (Å²) in [5.74, 6) is 0. The van der Waals surface area contributed by atoms with Crippen molar-refractivity contribution in [3.63, 3.8) is 0 Å². The molecule has 0 unspecified atom stereocenters. The molecule has 0 spiro atoms. The lowest BCUT2D eigenvalue weighted by molar-refractivity contribution is 0.589. The molecule has 0 saturated carbocycles. The Morgan fingerprint density at radius 1 is 0.917 bits per heavy atom. The highest BCUT2D eigenvalue weighted by Crippen LogP contribution is 2.28. The molecule has 1 aliphatic heterocycles. The zero-order valence-corrected chi connectivity index (χ0v) is 14.6. The Morgan fingerprint density at radius 2 is 1.62 bits per heavy atom. The van der Waals surface area contributed by atoms with Crippen LogP contribution in [0.3, 0.4) is 0 Å². The second-order valence-electron chi connectivity index (χ2n) is 5.64. The van der Waals surface area contributed by atoms with E-state index in [4.69, 9.17) is 11.6 Å². The number of para-hydroxylation sites is 1. The Bertz CT molecular complexity index is 830. The van der Waals surface area contributed by atoms with Crippen molar-refractivity contribution in [1.29, 1.82) is 0 Å². The second-order valence-corrected chi connectivity index (χ2v) is 5.98. The number of halogens is 2. The van der Waals surface area contributed by atoms with E-state index in [-0.39, 0.29) is 17.7 Å². The molecule has 24 heavy (non-hydrogen) atoms. The fourth-order valence-electron chi connectivity index (χ4n) is 3.02. The van der Waals surface area contributed by atoms with E-state index in [1.807, 2.05) is 24.3 Å². The number of aromatic nitrogens is 2. The number of piperazine rings is 1. The number of fused-ring (bicyclic) bond motifs is 1. The fraction of sp³-hybridized carbons (Fsp3) is 0.222. The zero-order chi connectivity index (χ0) is 15.6. The van der Waals surface area contributed by atoms with E-state index in [2.05, 4.69) is 44.5 Å². The van der Waals surface area contributed by atoms with Crippen LogP contribution in [0.4, 0.5) is 5.69 Å². The lowest BCUT2D eigenvalue weighted by atomic mass is 10.1. The maximum absolute atomic E-state index is 6.09. The minimum Gasteiger partial charge on any atom is -0.369 e. The van der Waals surface area contributed by atoms with Crippen molar-refractivity contribution in [2.24, 2.45) is 0 Å². The standard InChI is InChI=1S/C18H17ClN4.ClH/c19-18-21-16-4-2-1-3-15(16)17(22-18)13-5-7-14(8-6-13)23-11-9-20-10-12-23;/h1-8,20H,9-12H2;1H. The highest BCUT2D eigenvalue weighted by molar-refractivity contribution is 6.28. The second kappa shape index (κ2) is 7.34. The SMILES string of the molecule is Cl.Clc1nc(-c2ccc(N3CCNCC3)cc2)c2ccccc2n1. The van der Waals surface area contributed by atoms with Crippen molar-refractivity contribution in [3.05, 3.63) is 53.8 Å². The first-order valence-corrected chi connectivity index (χ1v) is 8.17. The Kier molecular flexibility index (Phi) is 5.19. The molecule has 4 nitrogen and oxygen atoms in total. The van der Waals surface area contributed by atoms with Crippen LogP contribution in [-0.4, -0.2) is 36.1 Å². The van der Waals surface area contributed by atoms with E-state index < -0.39 is 0 Å². The molecule has 0 aliphatic carbocycles. The molecular formula is C18H18Cl2N4. The van der Waals surface area contributed by atoms with Crippen molar-refractivity contribution in [1.82, 2.24) is 15.3 Å². The van der Waals surface area contributed by atoms with E-state index in [9.17, 15) is 0 Å². The molecule has 0 radical (unpaired) electrons. The van der Waals surface area contributed by atoms with E-state index in [0.29, 0.717) is 0 Å². The number of nitrogens with zero attached hydrogens (tertiary/aromatic N) is 3. The van der Waals surface area contributed by atoms with Crippen LogP contribution >= 0.6 is 24.0 Å². The molecular weight excluding hydrogens is 343 g/mol. The molecule has 1 aromatic heterocycles. The summed E-state index contributed by atoms with van der Waals surface area (Å²) in [5, 5.41) is 4.68. The van der Waals surface area contributed by atoms with Crippen molar-refractivity contribution in [2.45, 2.75) is 0 Å². The van der Waals surface area contributed by atoms with Crippen molar-refractivity contribution in [2.75, 3.05) is 31.1 Å². The molecule has 0 bridgehead atoms. The molecule has 3 aromatic rings. The molecule has 2 aromatic carbocycles. The maximum Gasteiger partial charge on any atom is 0.223 e. The van der Waals surface area contributed by atoms with Crippen LogP contribution in [0, 0.1) is 0 Å². The molecule has 0 amide bonds. The normalized spacial score (nSPS) is 14.5. The maximum atomic E-state index is 6.09. The van der Waals surface area contributed by atoms with E-state index in [0.717, 1.165) is 48.3 Å². The predicted molar refractivity (Wildman–Crippen MR) is 102 cm³/mol. The summed E-state index contributed by atoms with van der Waals surface area (Å²) in [6.45, 7) is 4.16. The number of anilines is 1. The van der Waals surface area contributed by atoms with Gasteiger partial charge in [0.15, 0.2) is 0 Å². The topological polar surface area (TPSA) is 41.1 Å². The number of rotatable bonds is 2. The first-order chi connectivity index (χ1) is 11.3. The van der Waals surface area contributed by atoms with Gasteiger partial charge in [0.25, 0.3) is 0 Å². The highest BCUT2D eigenvalue weighted by atomic mass is 35.5. The van der Waals surface area contributed by atoms with Gasteiger partial charge in [0, 0.05) is 42.8 Å². The average molecular weight is 361 g/mol. The largest absolute Gasteiger partial charge is 0.369 e. The molecule has 124 valence electrons. The molecule has 1 saturated heterocycles. The van der Waals surface area contributed by atoms with E-state index >= 15 is 0 Å². The van der Waals surface area contributed by atoms with Crippen LogP contribution in [0.25, 0.3) is 22.2 Å². The van der Waals surface area contributed by atoms with E-state index in [1.54, 1.807) is 0 Å². The minimum absolute atomic E-state index is 0. The molecule has 1 aliphatic rings. The van der Waals surface area contributed by atoms with Gasteiger partial charge in [-0.2, -0.15) is 0 Å². The van der Waals surface area contributed by atoms with Gasteiger partial charge in [-0.3, -0.25) is 0 Å². The third-order valence-corrected chi connectivity index (χ3v) is 4.37. The van der Waals surface area contributed by atoms with Gasteiger partial charge in [-0.1, -0.05) is 30.3 Å². The van der Waals surface area contributed by atoms with Crippen LogP contribution in [0.1, 0.15) is 0 Å². The highest BCUT2D eigenvalue weighted by Gasteiger charge is 2.12. The van der Waals surface area contributed by atoms with Crippen LogP contribution in [0.2, 0.25) is 5.28 Å². The predicted octanol–water partition coefficient (Wildman–Crippen LogP) is 3.78. The lowest BCUT2D eigenvalue weighted by Gasteiger charge is -2.29. The van der Waals surface area contributed by atoms with Gasteiger partial charge in [0.1, 0.15) is 0 Å². The zero-order valence-electron chi connectivity index (χ0n) is 13.1. The van der Waals surface area contributed by atoms with Gasteiger partial charge in [-0.05, 0) is 29.8 Å². The average Bonchev–Trinajstić information content (AvgIpc) is 2.62. The van der Waals surface area contributed by atoms with Crippen LogP contribution in [0.5, 0.6) is 0 Å². The Balaban J connectivity index is 0.00000169. The smallest absolute Gasteiger partial charge is 0.223 e. The van der Waals surface area contributed by atoms with Crippen LogP contribution in [-0.2, 0) is 0 Å². The summed E-state index contributed by atoms with van der Waals surface area (Å²) in [6.07, 6.45) is 0. The summed E-state index contributed by atoms with van der Waals surface area (Å²) in [5.41, 5.74) is 4.06. The molecule has 0 atom stereocenters. The van der Waals surface area contributed by atoms with Gasteiger partial charge < -0.3 is 10.2 Å². The van der Waals surface area contributed by atoms with Crippen LogP contribution < -0.4 is 10.2 Å². The number of nitrogens with one attached hydrogen (secondary N) is 1. The fourth-order valence-corrected chi connectivity index (χ4v) is 3.20. The monoisotopic (exact) mass is 360 g/mol. The Morgan fingerprint density at radius 3 is 2.38 bits per heavy atom. The van der Waals surface area contributed by atoms with Gasteiger partial charge in [-0.15, -0.1) is 12.4 Å². The first-order valence-electron chi connectivity index (χ1n) is 7.80. The van der Waals surface area contributed by atoms with Crippen molar-refractivity contribution in [3.8, 4) is 11.3 Å². The van der Waals surface area contributed by atoms with Crippen molar-refractivity contribution < 1.29 is 0 Å². The molecule has 2 heterocycles. The third kappa shape index (κ3) is 3.31. The van der Waals surface area contributed by atoms with Gasteiger partial charge in [0.05, 0.1) is 11.2 Å². The van der Waals surface area contributed by atoms with Crippen LogP contribution in [0.15, 0.2) is 48.5 Å². The van der Waals surface area contributed by atoms with Gasteiger partial charge >= 0.3 is 0 Å². The summed E-state index contributed by atoms with van der Waals surface area (Å²) in [7, 11) is 0. The number of hydrogen-bond donors (Lipinski definition) is 1. The molecule has 6 heteroatoms. The minimum atomic E-state index is 0. The quantitative estimate of drug-likeness (QED) is 0.706.